The molecule has 2 nitrogen and oxygen atoms in total. The van der Waals surface area contributed by atoms with Crippen LogP contribution >= 0.6 is 0 Å². The van der Waals surface area contributed by atoms with Crippen molar-refractivity contribution in [1.29, 1.82) is 0 Å². The summed E-state index contributed by atoms with van der Waals surface area (Å²) in [5, 5.41) is 0. The van der Waals surface area contributed by atoms with E-state index in [0.29, 0.717) is 6.61 Å². The van der Waals surface area contributed by atoms with Crippen molar-refractivity contribution in [3.8, 4) is 0 Å². The second-order valence-electron chi connectivity index (χ2n) is 4.02. The molecule has 0 unspecified atom stereocenters. The second kappa shape index (κ2) is 6.63. The van der Waals surface area contributed by atoms with Gasteiger partial charge in [0, 0.05) is 6.08 Å². The summed E-state index contributed by atoms with van der Waals surface area (Å²) in [6.07, 6.45) is 10.4. The summed E-state index contributed by atoms with van der Waals surface area (Å²) in [6, 6.07) is 0. The van der Waals surface area contributed by atoms with Gasteiger partial charge in [0.15, 0.2) is 0 Å². The highest BCUT2D eigenvalue weighted by molar-refractivity contribution is 5.81. The predicted molar refractivity (Wildman–Crippen MR) is 57.0 cm³/mol. The van der Waals surface area contributed by atoms with Crippen molar-refractivity contribution in [2.75, 3.05) is 6.61 Å². The van der Waals surface area contributed by atoms with Crippen molar-refractivity contribution in [3.63, 3.8) is 0 Å². The quantitative estimate of drug-likeness (QED) is 0.371. The molecule has 1 saturated carbocycles. The Bertz CT molecular complexity index is 181. The first-order chi connectivity index (χ1) is 6.83. The molecule has 14 heavy (non-hydrogen) atoms. The molecule has 1 aliphatic rings. The van der Waals surface area contributed by atoms with E-state index in [1.165, 1.54) is 44.6 Å². The van der Waals surface area contributed by atoms with Crippen LogP contribution in [-0.4, -0.2) is 12.6 Å². The van der Waals surface area contributed by atoms with Crippen LogP contribution in [0, 0.1) is 5.92 Å². The number of esters is 1. The van der Waals surface area contributed by atoms with E-state index in [9.17, 15) is 4.79 Å². The van der Waals surface area contributed by atoms with Crippen LogP contribution in [0.2, 0.25) is 0 Å². The van der Waals surface area contributed by atoms with E-state index in [1.54, 1.807) is 0 Å². The zero-order chi connectivity index (χ0) is 10.2. The fourth-order valence-electron chi connectivity index (χ4n) is 2.07. The Labute approximate surface area is 86.3 Å². The van der Waals surface area contributed by atoms with Crippen LogP contribution in [0.3, 0.4) is 0 Å². The number of hydrogen-bond acceptors (Lipinski definition) is 2. The van der Waals surface area contributed by atoms with Crippen LogP contribution in [0.15, 0.2) is 12.7 Å². The molecule has 0 aromatic heterocycles. The molecule has 80 valence electrons. The van der Waals surface area contributed by atoms with E-state index in [4.69, 9.17) is 4.74 Å². The van der Waals surface area contributed by atoms with Crippen molar-refractivity contribution in [1.82, 2.24) is 0 Å². The Morgan fingerprint density at radius 1 is 1.36 bits per heavy atom. The van der Waals surface area contributed by atoms with Gasteiger partial charge in [-0.15, -0.1) is 0 Å². The molecule has 0 aliphatic heterocycles. The van der Waals surface area contributed by atoms with Gasteiger partial charge in [-0.3, -0.25) is 0 Å². The van der Waals surface area contributed by atoms with Crippen molar-refractivity contribution < 1.29 is 9.53 Å². The molecule has 0 atom stereocenters. The van der Waals surface area contributed by atoms with Crippen LogP contribution < -0.4 is 0 Å². The maximum atomic E-state index is 10.7. The lowest BCUT2D eigenvalue weighted by Gasteiger charge is -2.07. The summed E-state index contributed by atoms with van der Waals surface area (Å²) in [6.45, 7) is 3.90. The highest BCUT2D eigenvalue weighted by Gasteiger charge is 2.13. The Morgan fingerprint density at radius 2 is 2.07 bits per heavy atom. The number of ether oxygens (including phenoxy) is 1. The largest absolute Gasteiger partial charge is 0.463 e. The minimum Gasteiger partial charge on any atom is -0.463 e. The summed E-state index contributed by atoms with van der Waals surface area (Å²) in [5.74, 6) is 0.649. The molecule has 1 fully saturated rings. The summed E-state index contributed by atoms with van der Waals surface area (Å²) in [5.41, 5.74) is 0. The number of hydrogen-bond donors (Lipinski definition) is 0. The van der Waals surface area contributed by atoms with Gasteiger partial charge >= 0.3 is 5.97 Å². The van der Waals surface area contributed by atoms with Gasteiger partial charge in [0.1, 0.15) is 0 Å². The van der Waals surface area contributed by atoms with Gasteiger partial charge in [-0.05, 0) is 18.8 Å². The lowest BCUT2D eigenvalue weighted by molar-refractivity contribution is -0.137. The zero-order valence-electron chi connectivity index (χ0n) is 8.84. The lowest BCUT2D eigenvalue weighted by Crippen LogP contribution is -2.02. The van der Waals surface area contributed by atoms with Gasteiger partial charge in [-0.25, -0.2) is 4.79 Å². The molecular formula is C12H20O2. The van der Waals surface area contributed by atoms with Crippen molar-refractivity contribution in [3.05, 3.63) is 12.7 Å². The molecule has 0 heterocycles. The fraction of sp³-hybridized carbons (Fsp3) is 0.750. The summed E-state index contributed by atoms with van der Waals surface area (Å²) >= 11 is 0. The van der Waals surface area contributed by atoms with E-state index < -0.39 is 0 Å². The van der Waals surface area contributed by atoms with Gasteiger partial charge in [0.2, 0.25) is 0 Å². The van der Waals surface area contributed by atoms with Crippen LogP contribution in [0.1, 0.15) is 44.9 Å². The molecule has 0 bridgehead atoms. The maximum Gasteiger partial charge on any atom is 0.330 e. The van der Waals surface area contributed by atoms with Gasteiger partial charge in [-0.2, -0.15) is 0 Å². The topological polar surface area (TPSA) is 26.3 Å². The van der Waals surface area contributed by atoms with E-state index in [-0.39, 0.29) is 5.97 Å². The standard InChI is InChI=1S/C12H20O2/c1-2-12(13)14-10-6-5-9-11-7-3-4-8-11/h2,11H,1,3-10H2. The van der Waals surface area contributed by atoms with E-state index in [2.05, 4.69) is 6.58 Å². The molecule has 0 aromatic rings. The Kier molecular flexibility index (Phi) is 5.35. The molecule has 0 aromatic carbocycles. The van der Waals surface area contributed by atoms with E-state index in [0.717, 1.165) is 12.3 Å². The van der Waals surface area contributed by atoms with Crippen molar-refractivity contribution in [2.45, 2.75) is 44.9 Å². The first-order valence-corrected chi connectivity index (χ1v) is 5.62. The van der Waals surface area contributed by atoms with Gasteiger partial charge in [-0.1, -0.05) is 38.7 Å². The van der Waals surface area contributed by atoms with E-state index >= 15 is 0 Å². The van der Waals surface area contributed by atoms with Crippen LogP contribution in [0.5, 0.6) is 0 Å². The average Bonchev–Trinajstić information content (AvgIpc) is 2.69. The molecule has 0 N–H and O–H groups in total. The van der Waals surface area contributed by atoms with Gasteiger partial charge in [0.05, 0.1) is 6.61 Å². The molecule has 2 heteroatoms. The third-order valence-corrected chi connectivity index (χ3v) is 2.89. The third-order valence-electron chi connectivity index (χ3n) is 2.89. The lowest BCUT2D eigenvalue weighted by atomic mass is 10.0. The number of unbranched alkanes of at least 4 members (excludes halogenated alkanes) is 1. The molecule has 0 amide bonds. The number of rotatable bonds is 6. The molecule has 1 rings (SSSR count). The normalized spacial score (nSPS) is 16.9. The molecule has 0 radical (unpaired) electrons. The smallest absolute Gasteiger partial charge is 0.330 e. The van der Waals surface area contributed by atoms with Gasteiger partial charge < -0.3 is 4.74 Å². The van der Waals surface area contributed by atoms with Crippen LogP contribution in [-0.2, 0) is 9.53 Å². The van der Waals surface area contributed by atoms with Gasteiger partial charge in [0.25, 0.3) is 0 Å². The minimum absolute atomic E-state index is 0.300. The SMILES string of the molecule is C=CC(=O)OCCCCC1CCCC1. The van der Waals surface area contributed by atoms with E-state index in [1.807, 2.05) is 0 Å². The Hall–Kier alpha value is -0.790. The van der Waals surface area contributed by atoms with Crippen molar-refractivity contribution in [2.24, 2.45) is 5.92 Å². The van der Waals surface area contributed by atoms with Crippen LogP contribution in [0.4, 0.5) is 0 Å². The zero-order valence-corrected chi connectivity index (χ0v) is 8.84. The van der Waals surface area contributed by atoms with Crippen LogP contribution in [0.25, 0.3) is 0 Å². The molecule has 1 aliphatic carbocycles. The Morgan fingerprint density at radius 3 is 2.71 bits per heavy atom. The maximum absolute atomic E-state index is 10.7. The first kappa shape index (κ1) is 11.3. The highest BCUT2D eigenvalue weighted by Crippen LogP contribution is 2.28. The minimum atomic E-state index is -0.300. The molecule has 0 spiro atoms. The first-order valence-electron chi connectivity index (χ1n) is 5.62. The highest BCUT2D eigenvalue weighted by atomic mass is 16.5. The monoisotopic (exact) mass is 196 g/mol. The second-order valence-corrected chi connectivity index (χ2v) is 4.02. The summed E-state index contributed by atoms with van der Waals surface area (Å²) in [7, 11) is 0. The fourth-order valence-corrected chi connectivity index (χ4v) is 2.07. The summed E-state index contributed by atoms with van der Waals surface area (Å²) < 4.78 is 4.90. The molecule has 0 saturated heterocycles. The molecular weight excluding hydrogens is 176 g/mol. The third kappa shape index (κ3) is 4.45. The van der Waals surface area contributed by atoms with Crippen molar-refractivity contribution >= 4 is 5.97 Å². The summed E-state index contributed by atoms with van der Waals surface area (Å²) in [4.78, 5) is 10.7. The number of carbonyl (C=O) groups excluding carboxylic acids is 1. The predicted octanol–water partition coefficient (Wildman–Crippen LogP) is 3.08. The Balaban J connectivity index is 1.88. The average molecular weight is 196 g/mol. The number of carbonyl (C=O) groups is 1.